The summed E-state index contributed by atoms with van der Waals surface area (Å²) in [5.74, 6) is 0.513. The molecule has 0 aliphatic carbocycles. The van der Waals surface area contributed by atoms with Crippen LogP contribution in [0, 0.1) is 5.82 Å². The number of rotatable bonds is 6. The summed E-state index contributed by atoms with van der Waals surface area (Å²) in [6, 6.07) is 12.9. The van der Waals surface area contributed by atoms with E-state index in [1.54, 1.807) is 38.3 Å². The van der Waals surface area contributed by atoms with Gasteiger partial charge in [-0.3, -0.25) is 4.79 Å². The number of nitrogens with one attached hydrogen (secondary N) is 1. The molecule has 122 valence electrons. The fraction of sp³-hybridized carbons (Fsp3) is 0.278. The third-order valence-corrected chi connectivity index (χ3v) is 3.47. The minimum absolute atomic E-state index is 0.244. The van der Waals surface area contributed by atoms with Crippen LogP contribution < -0.4 is 14.8 Å². The minimum atomic E-state index is -0.686. The predicted molar refractivity (Wildman–Crippen MR) is 86.0 cm³/mol. The van der Waals surface area contributed by atoms with E-state index >= 15 is 0 Å². The Morgan fingerprint density at radius 3 is 2.26 bits per heavy atom. The summed E-state index contributed by atoms with van der Waals surface area (Å²) in [6.45, 7) is 3.50. The van der Waals surface area contributed by atoms with Gasteiger partial charge in [0, 0.05) is 0 Å². The first-order chi connectivity index (χ1) is 11.0. The largest absolute Gasteiger partial charge is 0.493 e. The molecular formula is C18H20FNO3. The van der Waals surface area contributed by atoms with Crippen molar-refractivity contribution in [2.45, 2.75) is 26.0 Å². The molecule has 0 saturated heterocycles. The fourth-order valence-corrected chi connectivity index (χ4v) is 2.13. The first-order valence-corrected chi connectivity index (χ1v) is 7.36. The van der Waals surface area contributed by atoms with Crippen LogP contribution in [0.15, 0.2) is 48.5 Å². The van der Waals surface area contributed by atoms with Gasteiger partial charge in [-0.1, -0.05) is 24.3 Å². The molecule has 1 amide bonds. The van der Waals surface area contributed by atoms with E-state index in [2.05, 4.69) is 5.32 Å². The van der Waals surface area contributed by atoms with Crippen molar-refractivity contribution >= 4 is 5.91 Å². The van der Waals surface area contributed by atoms with E-state index in [1.807, 2.05) is 19.1 Å². The highest BCUT2D eigenvalue weighted by atomic mass is 19.1. The van der Waals surface area contributed by atoms with Crippen molar-refractivity contribution in [3.05, 3.63) is 59.9 Å². The normalized spacial score (nSPS) is 13.0. The van der Waals surface area contributed by atoms with Crippen LogP contribution in [0.25, 0.3) is 0 Å². The number of hydrogen-bond donors (Lipinski definition) is 1. The predicted octanol–water partition coefficient (Wildman–Crippen LogP) is 3.48. The van der Waals surface area contributed by atoms with Crippen molar-refractivity contribution in [3.8, 4) is 11.5 Å². The van der Waals surface area contributed by atoms with Crippen molar-refractivity contribution in [2.24, 2.45) is 0 Å². The van der Waals surface area contributed by atoms with Gasteiger partial charge in [-0.15, -0.1) is 0 Å². The second kappa shape index (κ2) is 7.63. The van der Waals surface area contributed by atoms with Crippen molar-refractivity contribution < 1.29 is 18.7 Å². The molecular weight excluding hydrogens is 297 g/mol. The van der Waals surface area contributed by atoms with Gasteiger partial charge in [0.2, 0.25) is 0 Å². The topological polar surface area (TPSA) is 47.6 Å². The monoisotopic (exact) mass is 317 g/mol. The van der Waals surface area contributed by atoms with E-state index in [0.29, 0.717) is 11.5 Å². The number of carbonyl (C=O) groups excluding carboxylic acids is 1. The molecule has 23 heavy (non-hydrogen) atoms. The summed E-state index contributed by atoms with van der Waals surface area (Å²) in [5.41, 5.74) is 0.823. The second-order valence-electron chi connectivity index (χ2n) is 5.19. The molecule has 0 spiro atoms. The highest BCUT2D eigenvalue weighted by Crippen LogP contribution is 2.26. The minimum Gasteiger partial charge on any atom is -0.493 e. The maximum atomic E-state index is 12.9. The van der Waals surface area contributed by atoms with Crippen molar-refractivity contribution in [1.82, 2.24) is 5.32 Å². The molecule has 2 aromatic rings. The van der Waals surface area contributed by atoms with Crippen LogP contribution in [0.1, 0.15) is 25.5 Å². The lowest BCUT2D eigenvalue weighted by atomic mass is 10.1. The molecule has 2 unspecified atom stereocenters. The molecule has 2 rings (SSSR count). The Morgan fingerprint density at radius 1 is 1.04 bits per heavy atom. The summed E-state index contributed by atoms with van der Waals surface area (Å²) >= 11 is 0. The van der Waals surface area contributed by atoms with E-state index < -0.39 is 6.10 Å². The first-order valence-electron chi connectivity index (χ1n) is 7.36. The Morgan fingerprint density at radius 2 is 1.65 bits per heavy atom. The molecule has 1 N–H and O–H groups in total. The molecule has 0 aliphatic rings. The van der Waals surface area contributed by atoms with Gasteiger partial charge in [-0.25, -0.2) is 4.39 Å². The number of halogens is 1. The number of para-hydroxylation sites is 2. The molecule has 0 saturated carbocycles. The van der Waals surface area contributed by atoms with Crippen molar-refractivity contribution in [2.75, 3.05) is 7.11 Å². The quantitative estimate of drug-likeness (QED) is 0.887. The smallest absolute Gasteiger partial charge is 0.261 e. The van der Waals surface area contributed by atoms with Gasteiger partial charge < -0.3 is 14.8 Å². The van der Waals surface area contributed by atoms with Gasteiger partial charge in [-0.2, -0.15) is 0 Å². The SMILES string of the molecule is COc1ccccc1OC(C)C(=O)NC(C)c1ccc(F)cc1. The maximum Gasteiger partial charge on any atom is 0.261 e. The standard InChI is InChI=1S/C18H20FNO3/c1-12(14-8-10-15(19)11-9-14)20-18(21)13(2)23-17-7-5-4-6-16(17)22-3/h4-13H,1-3H3,(H,20,21). The Bertz CT molecular complexity index is 658. The van der Waals surface area contributed by atoms with Gasteiger partial charge in [0.05, 0.1) is 13.2 Å². The Kier molecular flexibility index (Phi) is 5.57. The van der Waals surface area contributed by atoms with E-state index in [0.717, 1.165) is 5.56 Å². The number of carbonyl (C=O) groups is 1. The lowest BCUT2D eigenvalue weighted by Crippen LogP contribution is -2.37. The molecule has 5 heteroatoms. The van der Waals surface area contributed by atoms with Crippen molar-refractivity contribution in [3.63, 3.8) is 0 Å². The summed E-state index contributed by atoms with van der Waals surface area (Å²) in [7, 11) is 1.55. The lowest BCUT2D eigenvalue weighted by molar-refractivity contribution is -0.127. The highest BCUT2D eigenvalue weighted by molar-refractivity contribution is 5.81. The van der Waals surface area contributed by atoms with Gasteiger partial charge in [-0.05, 0) is 43.7 Å². The third-order valence-electron chi connectivity index (χ3n) is 3.47. The summed E-state index contributed by atoms with van der Waals surface area (Å²) in [5, 5.41) is 2.85. The zero-order valence-electron chi connectivity index (χ0n) is 13.4. The molecule has 0 radical (unpaired) electrons. The Balaban J connectivity index is 1.98. The highest BCUT2D eigenvalue weighted by Gasteiger charge is 2.19. The van der Waals surface area contributed by atoms with Crippen LogP contribution in [-0.4, -0.2) is 19.1 Å². The van der Waals surface area contributed by atoms with Gasteiger partial charge in [0.1, 0.15) is 5.82 Å². The maximum absolute atomic E-state index is 12.9. The van der Waals surface area contributed by atoms with Gasteiger partial charge in [0.25, 0.3) is 5.91 Å². The molecule has 0 aliphatic heterocycles. The van der Waals surface area contributed by atoms with E-state index in [4.69, 9.17) is 9.47 Å². The average molecular weight is 317 g/mol. The average Bonchev–Trinajstić information content (AvgIpc) is 2.55. The van der Waals surface area contributed by atoms with Crippen molar-refractivity contribution in [1.29, 1.82) is 0 Å². The Labute approximate surface area is 135 Å². The zero-order chi connectivity index (χ0) is 16.8. The number of amides is 1. The summed E-state index contributed by atoms with van der Waals surface area (Å²) < 4.78 is 23.8. The summed E-state index contributed by atoms with van der Waals surface area (Å²) in [6.07, 6.45) is -0.686. The number of hydrogen-bond acceptors (Lipinski definition) is 3. The lowest BCUT2D eigenvalue weighted by Gasteiger charge is -2.20. The van der Waals surface area contributed by atoms with Crippen LogP contribution in [0.5, 0.6) is 11.5 Å². The number of methoxy groups -OCH3 is 1. The molecule has 0 aromatic heterocycles. The van der Waals surface area contributed by atoms with Crippen LogP contribution in [0.2, 0.25) is 0 Å². The number of ether oxygens (including phenoxy) is 2. The number of benzene rings is 2. The van der Waals surface area contributed by atoms with Crippen LogP contribution >= 0.6 is 0 Å². The zero-order valence-corrected chi connectivity index (χ0v) is 13.4. The third kappa shape index (κ3) is 4.45. The van der Waals surface area contributed by atoms with Crippen LogP contribution in [-0.2, 0) is 4.79 Å². The van der Waals surface area contributed by atoms with Gasteiger partial charge >= 0.3 is 0 Å². The fourth-order valence-electron chi connectivity index (χ4n) is 2.13. The van der Waals surface area contributed by atoms with Crippen LogP contribution in [0.4, 0.5) is 4.39 Å². The summed E-state index contributed by atoms with van der Waals surface area (Å²) in [4.78, 5) is 12.2. The Hall–Kier alpha value is -2.56. The van der Waals surface area contributed by atoms with Crippen LogP contribution in [0.3, 0.4) is 0 Å². The molecule has 0 heterocycles. The van der Waals surface area contributed by atoms with Gasteiger partial charge in [0.15, 0.2) is 17.6 Å². The first kappa shape index (κ1) is 16.8. The second-order valence-corrected chi connectivity index (χ2v) is 5.19. The molecule has 2 aromatic carbocycles. The molecule has 0 bridgehead atoms. The molecule has 0 fully saturated rings. The molecule has 4 nitrogen and oxygen atoms in total. The van der Waals surface area contributed by atoms with E-state index in [9.17, 15) is 9.18 Å². The van der Waals surface area contributed by atoms with E-state index in [-0.39, 0.29) is 17.8 Å². The van der Waals surface area contributed by atoms with E-state index in [1.165, 1.54) is 12.1 Å². The molecule has 2 atom stereocenters.